The highest BCUT2D eigenvalue weighted by molar-refractivity contribution is 7.99. The van der Waals surface area contributed by atoms with Gasteiger partial charge in [0.25, 0.3) is 10.1 Å². The van der Waals surface area contributed by atoms with Gasteiger partial charge >= 0.3 is 0 Å². The van der Waals surface area contributed by atoms with E-state index >= 15 is 0 Å². The Morgan fingerprint density at radius 3 is 2.61 bits per heavy atom. The second kappa shape index (κ2) is 5.60. The van der Waals surface area contributed by atoms with Gasteiger partial charge in [0.15, 0.2) is 0 Å². The Morgan fingerprint density at radius 1 is 1.22 bits per heavy atom. The Kier molecular flexibility index (Phi) is 4.11. The quantitative estimate of drug-likeness (QED) is 0.827. The van der Waals surface area contributed by atoms with Crippen LogP contribution in [0.1, 0.15) is 5.56 Å². The van der Waals surface area contributed by atoms with Crippen LogP contribution in [0.4, 0.5) is 0 Å². The molecule has 0 fully saturated rings. The van der Waals surface area contributed by atoms with Gasteiger partial charge in [-0.1, -0.05) is 30.0 Å². The first-order valence-electron chi connectivity index (χ1n) is 5.38. The average molecular weight is 283 g/mol. The predicted octanol–water partition coefficient (Wildman–Crippen LogP) is 2.60. The van der Waals surface area contributed by atoms with Gasteiger partial charge in [-0.15, -0.1) is 0 Å². The molecule has 0 saturated carbocycles. The maximum atomic E-state index is 10.6. The lowest BCUT2D eigenvalue weighted by Gasteiger charge is -1.97. The van der Waals surface area contributed by atoms with Crippen molar-refractivity contribution >= 4 is 21.9 Å². The van der Waals surface area contributed by atoms with Gasteiger partial charge in [-0.2, -0.15) is 8.42 Å². The number of rotatable bonds is 5. The lowest BCUT2D eigenvalue weighted by molar-refractivity contribution is 0.482. The van der Waals surface area contributed by atoms with E-state index in [2.05, 4.69) is 4.98 Å². The summed E-state index contributed by atoms with van der Waals surface area (Å²) in [4.78, 5) is 4.19. The number of hydrogen-bond donors (Lipinski definition) is 2. The molecule has 2 N–H and O–H groups in total. The number of nitrogens with one attached hydrogen (secondary N) is 1. The van der Waals surface area contributed by atoms with Crippen molar-refractivity contribution in [1.82, 2.24) is 4.98 Å². The molecule has 0 aliphatic heterocycles. The fourth-order valence-corrected chi connectivity index (χ4v) is 2.85. The van der Waals surface area contributed by atoms with Crippen molar-refractivity contribution in [2.75, 3.05) is 5.75 Å². The van der Waals surface area contributed by atoms with Gasteiger partial charge < -0.3 is 4.98 Å². The molecule has 0 spiro atoms. The standard InChI is InChI=1S/C12H13NO3S2/c14-18(15,16)7-6-10-8-12(13-9-10)17-11-4-2-1-3-5-11/h1-5,8-9,13H,6-7H2,(H,14,15,16). The number of benzene rings is 1. The summed E-state index contributed by atoms with van der Waals surface area (Å²) in [6, 6.07) is 11.8. The Balaban J connectivity index is 1.98. The van der Waals surface area contributed by atoms with Crippen LogP contribution in [0.2, 0.25) is 0 Å². The smallest absolute Gasteiger partial charge is 0.265 e. The molecule has 18 heavy (non-hydrogen) atoms. The van der Waals surface area contributed by atoms with Crippen LogP contribution < -0.4 is 0 Å². The van der Waals surface area contributed by atoms with Crippen LogP contribution in [0.15, 0.2) is 52.5 Å². The first kappa shape index (κ1) is 13.2. The summed E-state index contributed by atoms with van der Waals surface area (Å²) >= 11 is 1.57. The number of aromatic nitrogens is 1. The third kappa shape index (κ3) is 4.21. The molecule has 1 heterocycles. The number of H-pyrrole nitrogens is 1. The average Bonchev–Trinajstić information content (AvgIpc) is 2.75. The van der Waals surface area contributed by atoms with Gasteiger partial charge in [-0.3, -0.25) is 4.55 Å². The number of aryl methyl sites for hydroxylation is 1. The molecule has 0 radical (unpaired) electrons. The molecule has 96 valence electrons. The molecular formula is C12H13NO3S2. The van der Waals surface area contributed by atoms with Crippen LogP contribution in [0.25, 0.3) is 0 Å². The van der Waals surface area contributed by atoms with E-state index in [1.807, 2.05) is 36.4 Å². The summed E-state index contributed by atoms with van der Waals surface area (Å²) in [5, 5.41) is 0.950. The van der Waals surface area contributed by atoms with Crippen LogP contribution in [0, 0.1) is 0 Å². The molecule has 2 rings (SSSR count). The van der Waals surface area contributed by atoms with Crippen LogP contribution in [0.5, 0.6) is 0 Å². The highest BCUT2D eigenvalue weighted by atomic mass is 32.2. The lowest BCUT2D eigenvalue weighted by Crippen LogP contribution is -2.05. The molecule has 0 bridgehead atoms. The molecule has 0 aliphatic carbocycles. The minimum atomic E-state index is -3.89. The summed E-state index contributed by atoms with van der Waals surface area (Å²) in [6.07, 6.45) is 2.07. The normalized spacial score (nSPS) is 11.6. The molecule has 6 heteroatoms. The Morgan fingerprint density at radius 2 is 1.94 bits per heavy atom. The van der Waals surface area contributed by atoms with Crippen molar-refractivity contribution in [2.24, 2.45) is 0 Å². The van der Waals surface area contributed by atoms with Crippen molar-refractivity contribution in [3.8, 4) is 0 Å². The van der Waals surface area contributed by atoms with Gasteiger partial charge in [0.1, 0.15) is 0 Å². The van der Waals surface area contributed by atoms with E-state index < -0.39 is 10.1 Å². The number of hydrogen-bond acceptors (Lipinski definition) is 3. The van der Waals surface area contributed by atoms with Crippen molar-refractivity contribution in [2.45, 2.75) is 16.3 Å². The monoisotopic (exact) mass is 283 g/mol. The van der Waals surface area contributed by atoms with E-state index in [-0.39, 0.29) is 5.75 Å². The van der Waals surface area contributed by atoms with E-state index in [1.165, 1.54) is 0 Å². The van der Waals surface area contributed by atoms with Crippen LogP contribution >= 0.6 is 11.8 Å². The molecule has 0 amide bonds. The van der Waals surface area contributed by atoms with E-state index in [1.54, 1.807) is 18.0 Å². The predicted molar refractivity (Wildman–Crippen MR) is 71.5 cm³/mol. The molecular weight excluding hydrogens is 270 g/mol. The van der Waals surface area contributed by atoms with Gasteiger partial charge in [-0.05, 0) is 30.2 Å². The summed E-state index contributed by atoms with van der Waals surface area (Å²) in [5.41, 5.74) is 0.867. The molecule has 0 saturated heterocycles. The zero-order valence-electron chi connectivity index (χ0n) is 9.54. The minimum Gasteiger partial charge on any atom is -0.356 e. The first-order valence-corrected chi connectivity index (χ1v) is 7.81. The van der Waals surface area contributed by atoms with Gasteiger partial charge in [0, 0.05) is 11.1 Å². The van der Waals surface area contributed by atoms with Crippen molar-refractivity contribution in [3.63, 3.8) is 0 Å². The first-order chi connectivity index (χ1) is 8.53. The Labute approximate surface area is 110 Å². The highest BCUT2D eigenvalue weighted by Gasteiger charge is 2.07. The second-order valence-corrected chi connectivity index (χ2v) is 6.51. The van der Waals surface area contributed by atoms with Gasteiger partial charge in [-0.25, -0.2) is 0 Å². The molecule has 1 aromatic heterocycles. The lowest BCUT2D eigenvalue weighted by atomic mass is 10.3. The van der Waals surface area contributed by atoms with E-state index in [0.29, 0.717) is 6.42 Å². The minimum absolute atomic E-state index is 0.250. The van der Waals surface area contributed by atoms with E-state index in [9.17, 15) is 8.42 Å². The summed E-state index contributed by atoms with van der Waals surface area (Å²) in [7, 11) is -3.89. The van der Waals surface area contributed by atoms with Crippen molar-refractivity contribution in [3.05, 3.63) is 48.2 Å². The summed E-state index contributed by atoms with van der Waals surface area (Å²) in [6.45, 7) is 0. The second-order valence-electron chi connectivity index (χ2n) is 3.82. The zero-order chi connectivity index (χ0) is 13.0. The molecule has 0 aliphatic rings. The Hall–Kier alpha value is -1.24. The zero-order valence-corrected chi connectivity index (χ0v) is 11.2. The third-order valence-electron chi connectivity index (χ3n) is 2.34. The molecule has 2 aromatic rings. The maximum Gasteiger partial charge on any atom is 0.265 e. The molecule has 4 nitrogen and oxygen atoms in total. The van der Waals surface area contributed by atoms with E-state index in [0.717, 1.165) is 15.5 Å². The fraction of sp³-hybridized carbons (Fsp3) is 0.167. The summed E-state index contributed by atoms with van der Waals surface area (Å²) in [5.74, 6) is -0.250. The summed E-state index contributed by atoms with van der Waals surface area (Å²) < 4.78 is 30.0. The Bertz CT molecular complexity index is 605. The van der Waals surface area contributed by atoms with Crippen LogP contribution in [0.3, 0.4) is 0 Å². The highest BCUT2D eigenvalue weighted by Crippen LogP contribution is 2.26. The van der Waals surface area contributed by atoms with Crippen LogP contribution in [-0.2, 0) is 16.5 Å². The molecule has 1 aromatic carbocycles. The third-order valence-corrected chi connectivity index (χ3v) is 4.02. The molecule has 0 atom stereocenters. The van der Waals surface area contributed by atoms with Gasteiger partial charge in [0.05, 0.1) is 10.8 Å². The number of aromatic amines is 1. The SMILES string of the molecule is O=S(=O)(O)CCc1c[nH]c(Sc2ccccc2)c1. The van der Waals surface area contributed by atoms with Crippen LogP contribution in [-0.4, -0.2) is 23.7 Å². The molecule has 0 unspecified atom stereocenters. The largest absolute Gasteiger partial charge is 0.356 e. The van der Waals surface area contributed by atoms with Gasteiger partial charge in [0.2, 0.25) is 0 Å². The van der Waals surface area contributed by atoms with Crippen molar-refractivity contribution < 1.29 is 13.0 Å². The maximum absolute atomic E-state index is 10.6. The fourth-order valence-electron chi connectivity index (χ4n) is 1.48. The van der Waals surface area contributed by atoms with E-state index in [4.69, 9.17) is 4.55 Å². The topological polar surface area (TPSA) is 70.2 Å². The van der Waals surface area contributed by atoms with Crippen molar-refractivity contribution in [1.29, 1.82) is 0 Å².